The predicted molar refractivity (Wildman–Crippen MR) is 72.4 cm³/mol. The highest BCUT2D eigenvalue weighted by Crippen LogP contribution is 2.26. The van der Waals surface area contributed by atoms with Crippen molar-refractivity contribution in [1.29, 1.82) is 0 Å². The molecule has 2 nitrogen and oxygen atoms in total. The summed E-state index contributed by atoms with van der Waals surface area (Å²) in [5.41, 5.74) is 1.19. The molecule has 0 saturated heterocycles. The Morgan fingerprint density at radius 1 is 1.18 bits per heavy atom. The molecular formula is C14H21ClO2. The second kappa shape index (κ2) is 7.44. The van der Waals surface area contributed by atoms with E-state index in [9.17, 15) is 0 Å². The van der Waals surface area contributed by atoms with Gasteiger partial charge in [-0.05, 0) is 30.9 Å². The van der Waals surface area contributed by atoms with E-state index in [1.807, 2.05) is 18.2 Å². The first-order chi connectivity index (χ1) is 8.21. The van der Waals surface area contributed by atoms with Crippen molar-refractivity contribution in [2.75, 3.05) is 14.2 Å². The van der Waals surface area contributed by atoms with E-state index in [1.165, 1.54) is 5.56 Å². The van der Waals surface area contributed by atoms with Crippen molar-refractivity contribution in [3.63, 3.8) is 0 Å². The first kappa shape index (κ1) is 14.2. The maximum Gasteiger partial charge on any atom is 0.125 e. The molecule has 0 aliphatic heterocycles. The molecule has 1 unspecified atom stereocenters. The lowest BCUT2D eigenvalue weighted by atomic mass is 10.0. The molecule has 17 heavy (non-hydrogen) atoms. The van der Waals surface area contributed by atoms with Crippen LogP contribution in [0.2, 0.25) is 0 Å². The fourth-order valence-electron chi connectivity index (χ4n) is 1.83. The first-order valence-corrected chi connectivity index (χ1v) is 6.49. The summed E-state index contributed by atoms with van der Waals surface area (Å²) in [6.07, 6.45) is 4.13. The molecule has 0 aliphatic carbocycles. The van der Waals surface area contributed by atoms with Crippen LogP contribution in [0.4, 0.5) is 0 Å². The van der Waals surface area contributed by atoms with Crippen molar-refractivity contribution in [2.24, 2.45) is 0 Å². The number of methoxy groups -OCH3 is 2. The van der Waals surface area contributed by atoms with Crippen molar-refractivity contribution in [2.45, 2.75) is 38.0 Å². The van der Waals surface area contributed by atoms with E-state index in [0.29, 0.717) is 0 Å². The van der Waals surface area contributed by atoms with Crippen LogP contribution in [0.5, 0.6) is 11.5 Å². The Morgan fingerprint density at radius 3 is 2.53 bits per heavy atom. The minimum absolute atomic E-state index is 0.256. The monoisotopic (exact) mass is 256 g/mol. The summed E-state index contributed by atoms with van der Waals surface area (Å²) >= 11 is 6.22. The lowest BCUT2D eigenvalue weighted by Gasteiger charge is -2.12. The highest BCUT2D eigenvalue weighted by atomic mass is 35.5. The topological polar surface area (TPSA) is 18.5 Å². The third-order valence-electron chi connectivity index (χ3n) is 2.82. The van der Waals surface area contributed by atoms with Crippen molar-refractivity contribution >= 4 is 11.6 Å². The van der Waals surface area contributed by atoms with Crippen LogP contribution in [0.1, 0.15) is 31.7 Å². The van der Waals surface area contributed by atoms with E-state index in [4.69, 9.17) is 21.1 Å². The average Bonchev–Trinajstić information content (AvgIpc) is 2.36. The van der Waals surface area contributed by atoms with Gasteiger partial charge in [0.25, 0.3) is 0 Å². The standard InChI is InChI=1S/C14H21ClO2/c1-4-5-12(15)8-6-11-7-9-13(16-2)10-14(11)17-3/h7,9-10,12H,4-6,8H2,1-3H3. The maximum atomic E-state index is 6.22. The molecule has 1 aromatic rings. The number of rotatable bonds is 7. The van der Waals surface area contributed by atoms with Gasteiger partial charge in [0, 0.05) is 11.4 Å². The molecule has 0 spiro atoms. The number of alkyl halides is 1. The van der Waals surface area contributed by atoms with Crippen molar-refractivity contribution in [3.8, 4) is 11.5 Å². The molecule has 0 aromatic heterocycles. The number of aryl methyl sites for hydroxylation is 1. The van der Waals surface area contributed by atoms with Crippen molar-refractivity contribution in [3.05, 3.63) is 23.8 Å². The Kier molecular flexibility index (Phi) is 6.20. The highest BCUT2D eigenvalue weighted by Gasteiger charge is 2.08. The van der Waals surface area contributed by atoms with Gasteiger partial charge in [-0.2, -0.15) is 0 Å². The Morgan fingerprint density at radius 2 is 1.94 bits per heavy atom. The molecule has 0 bridgehead atoms. The minimum Gasteiger partial charge on any atom is -0.497 e. The summed E-state index contributed by atoms with van der Waals surface area (Å²) in [6, 6.07) is 5.92. The average molecular weight is 257 g/mol. The van der Waals surface area contributed by atoms with E-state index in [2.05, 4.69) is 6.92 Å². The molecular weight excluding hydrogens is 236 g/mol. The molecule has 0 radical (unpaired) electrons. The summed E-state index contributed by atoms with van der Waals surface area (Å²) in [5, 5.41) is 0.256. The Labute approximate surface area is 109 Å². The Hall–Kier alpha value is -0.890. The largest absolute Gasteiger partial charge is 0.497 e. The zero-order chi connectivity index (χ0) is 12.7. The molecule has 0 fully saturated rings. The highest BCUT2D eigenvalue weighted by molar-refractivity contribution is 6.20. The molecule has 0 heterocycles. The van der Waals surface area contributed by atoms with Crippen LogP contribution in [-0.4, -0.2) is 19.6 Å². The number of hydrogen-bond donors (Lipinski definition) is 0. The van der Waals surface area contributed by atoms with Crippen LogP contribution in [0.15, 0.2) is 18.2 Å². The van der Waals surface area contributed by atoms with Gasteiger partial charge in [-0.3, -0.25) is 0 Å². The lowest BCUT2D eigenvalue weighted by molar-refractivity contribution is 0.390. The van der Waals surface area contributed by atoms with Gasteiger partial charge in [-0.1, -0.05) is 19.4 Å². The van der Waals surface area contributed by atoms with Crippen molar-refractivity contribution < 1.29 is 9.47 Å². The van der Waals surface area contributed by atoms with Crippen LogP contribution < -0.4 is 9.47 Å². The molecule has 1 atom stereocenters. The molecule has 0 aliphatic rings. The van der Waals surface area contributed by atoms with Crippen molar-refractivity contribution in [1.82, 2.24) is 0 Å². The molecule has 0 amide bonds. The fourth-order valence-corrected chi connectivity index (χ4v) is 2.16. The molecule has 0 saturated carbocycles. The van der Waals surface area contributed by atoms with Gasteiger partial charge in [0.2, 0.25) is 0 Å². The third kappa shape index (κ3) is 4.47. The van der Waals surface area contributed by atoms with Gasteiger partial charge in [0.05, 0.1) is 14.2 Å². The number of hydrogen-bond acceptors (Lipinski definition) is 2. The number of halogens is 1. The van der Waals surface area contributed by atoms with Gasteiger partial charge in [-0.15, -0.1) is 11.6 Å². The normalized spacial score (nSPS) is 12.2. The molecule has 96 valence electrons. The smallest absolute Gasteiger partial charge is 0.125 e. The Bertz CT molecular complexity index is 339. The summed E-state index contributed by atoms with van der Waals surface area (Å²) in [7, 11) is 3.34. The van der Waals surface area contributed by atoms with E-state index in [-0.39, 0.29) is 5.38 Å². The third-order valence-corrected chi connectivity index (χ3v) is 3.26. The van der Waals surface area contributed by atoms with Gasteiger partial charge < -0.3 is 9.47 Å². The maximum absolute atomic E-state index is 6.22. The second-order valence-corrected chi connectivity index (χ2v) is 4.72. The van der Waals surface area contributed by atoms with E-state index in [0.717, 1.165) is 37.2 Å². The molecule has 0 N–H and O–H groups in total. The lowest BCUT2D eigenvalue weighted by Crippen LogP contribution is -2.01. The van der Waals surface area contributed by atoms with Gasteiger partial charge in [0.15, 0.2) is 0 Å². The number of benzene rings is 1. The van der Waals surface area contributed by atoms with Crippen LogP contribution in [0.25, 0.3) is 0 Å². The van der Waals surface area contributed by atoms with Gasteiger partial charge in [0.1, 0.15) is 11.5 Å². The van der Waals surface area contributed by atoms with E-state index in [1.54, 1.807) is 14.2 Å². The summed E-state index contributed by atoms with van der Waals surface area (Å²) in [5.74, 6) is 1.70. The summed E-state index contributed by atoms with van der Waals surface area (Å²) in [4.78, 5) is 0. The first-order valence-electron chi connectivity index (χ1n) is 6.06. The summed E-state index contributed by atoms with van der Waals surface area (Å²) in [6.45, 7) is 2.16. The fraction of sp³-hybridized carbons (Fsp3) is 0.571. The zero-order valence-corrected chi connectivity index (χ0v) is 11.6. The quantitative estimate of drug-likeness (QED) is 0.686. The minimum atomic E-state index is 0.256. The molecule has 1 rings (SSSR count). The van der Waals surface area contributed by atoms with Crippen LogP contribution in [0, 0.1) is 0 Å². The summed E-state index contributed by atoms with van der Waals surface area (Å²) < 4.78 is 10.5. The SMILES string of the molecule is CCCC(Cl)CCc1ccc(OC)cc1OC. The van der Waals surface area contributed by atoms with Crippen LogP contribution in [-0.2, 0) is 6.42 Å². The zero-order valence-electron chi connectivity index (χ0n) is 10.8. The molecule has 1 aromatic carbocycles. The predicted octanol–water partition coefficient (Wildman–Crippen LogP) is 4.04. The van der Waals surface area contributed by atoms with Crippen LogP contribution in [0.3, 0.4) is 0 Å². The Balaban J connectivity index is 2.63. The van der Waals surface area contributed by atoms with E-state index >= 15 is 0 Å². The molecule has 3 heteroatoms. The van der Waals surface area contributed by atoms with Gasteiger partial charge >= 0.3 is 0 Å². The number of ether oxygens (including phenoxy) is 2. The second-order valence-electron chi connectivity index (χ2n) is 4.10. The van der Waals surface area contributed by atoms with E-state index < -0.39 is 0 Å². The van der Waals surface area contributed by atoms with Crippen LogP contribution >= 0.6 is 11.6 Å². The van der Waals surface area contributed by atoms with Gasteiger partial charge in [-0.25, -0.2) is 0 Å².